The lowest BCUT2D eigenvalue weighted by molar-refractivity contribution is -0.187. The van der Waals surface area contributed by atoms with E-state index in [1.54, 1.807) is 4.90 Å². The molecule has 0 radical (unpaired) electrons. The second kappa shape index (κ2) is 15.6. The van der Waals surface area contributed by atoms with Crippen LogP contribution in [0.5, 0.6) is 17.5 Å². The summed E-state index contributed by atoms with van der Waals surface area (Å²) in [6.07, 6.45) is -3.15. The van der Waals surface area contributed by atoms with E-state index >= 15 is 0 Å². The van der Waals surface area contributed by atoms with Gasteiger partial charge < -0.3 is 39.5 Å². The number of aromatic nitrogens is 3. The number of ether oxygens (including phenoxy) is 3. The number of hydrogen-bond acceptors (Lipinski definition) is 12. The molecule has 57 heavy (non-hydrogen) atoms. The van der Waals surface area contributed by atoms with Crippen LogP contribution in [-0.4, -0.2) is 127 Å². The molecule has 0 spiro atoms. The van der Waals surface area contributed by atoms with E-state index in [4.69, 9.17) is 14.2 Å². The highest BCUT2D eigenvalue weighted by molar-refractivity contribution is 5.92. The number of carbonyl (C=O) groups excluding carboxylic acids is 1. The lowest BCUT2D eigenvalue weighted by Crippen LogP contribution is -2.56. The van der Waals surface area contributed by atoms with Gasteiger partial charge in [0.1, 0.15) is 36.4 Å². The Kier molecular flexibility index (Phi) is 10.9. The summed E-state index contributed by atoms with van der Waals surface area (Å²) in [5.74, 6) is 1.31. The summed E-state index contributed by atoms with van der Waals surface area (Å²) in [6, 6.07) is 12.0. The maximum atomic E-state index is 13.3. The zero-order chi connectivity index (χ0) is 40.1. The first-order valence-electron chi connectivity index (χ1n) is 19.9. The molecule has 4 heterocycles. The minimum atomic E-state index is -4.67. The Morgan fingerprint density at radius 3 is 2.54 bits per heavy atom. The van der Waals surface area contributed by atoms with Crippen molar-refractivity contribution in [2.24, 2.45) is 17.3 Å². The number of carbonyl (C=O) groups is 1. The Balaban J connectivity index is 0.779. The molecule has 0 unspecified atom stereocenters. The number of phenolic OH excluding ortho intramolecular Hbond substituents is 1. The summed E-state index contributed by atoms with van der Waals surface area (Å²) < 4.78 is 55.6. The Bertz CT molecular complexity index is 1920. The lowest BCUT2D eigenvalue weighted by atomic mass is 9.53. The van der Waals surface area contributed by atoms with Crippen LogP contribution in [-0.2, 0) is 17.3 Å². The van der Waals surface area contributed by atoms with E-state index in [9.17, 15) is 38.4 Å². The average Bonchev–Trinajstić information content (AvgIpc) is 3.48. The third kappa shape index (κ3) is 7.78. The predicted molar refractivity (Wildman–Crippen MR) is 198 cm³/mol. The molecule has 13 nitrogen and oxygen atoms in total. The Morgan fingerprint density at radius 1 is 0.982 bits per heavy atom. The molecule has 3 aliphatic carbocycles. The summed E-state index contributed by atoms with van der Waals surface area (Å²) in [5, 5.41) is 51.5. The number of alkyl halides is 3. The number of aliphatic hydroxyl groups excluding tert-OH is 2. The zero-order valence-corrected chi connectivity index (χ0v) is 31.9. The quantitative estimate of drug-likeness (QED) is 0.246. The molecule has 8 rings (SSSR count). The first-order chi connectivity index (χ1) is 27.2. The molecule has 2 aliphatic heterocycles. The van der Waals surface area contributed by atoms with Gasteiger partial charge in [0, 0.05) is 44.9 Å². The summed E-state index contributed by atoms with van der Waals surface area (Å²) in [6.45, 7) is 5.01. The second-order valence-electron chi connectivity index (χ2n) is 16.6. The van der Waals surface area contributed by atoms with Crippen molar-refractivity contribution in [2.45, 2.75) is 94.0 Å². The molecular weight excluding hydrogens is 747 g/mol. The minimum Gasteiger partial charge on any atom is -0.508 e. The van der Waals surface area contributed by atoms with E-state index < -0.39 is 41.9 Å². The van der Waals surface area contributed by atoms with Crippen molar-refractivity contribution in [1.82, 2.24) is 25.0 Å². The molecule has 9 atom stereocenters. The van der Waals surface area contributed by atoms with Gasteiger partial charge in [0.15, 0.2) is 11.8 Å². The van der Waals surface area contributed by atoms with Gasteiger partial charge in [0.25, 0.3) is 5.91 Å². The SMILES string of the molecule is C[C@]12CC[C@@H]3c4ccc(O)cc4CC[C@H]3[C@@H]1CC[C@@]2(O)CCN1CCN(C(=O)c2ccc(OC[C@H]3OC[C@H](Oc4cccc(C(F)(F)F)n4)[C@@H](O)[C@H]3O)nn2)CC1. The molecule has 3 aromatic rings. The maximum Gasteiger partial charge on any atom is 0.433 e. The van der Waals surface area contributed by atoms with Crippen molar-refractivity contribution >= 4 is 5.91 Å². The lowest BCUT2D eigenvalue weighted by Gasteiger charge is -2.53. The number of piperazine rings is 1. The molecule has 1 aromatic carbocycles. The molecule has 4 fully saturated rings. The number of rotatable bonds is 9. The van der Waals surface area contributed by atoms with Gasteiger partial charge in [-0.2, -0.15) is 13.2 Å². The van der Waals surface area contributed by atoms with Crippen molar-refractivity contribution in [2.75, 3.05) is 45.9 Å². The standard InChI is InChI=1S/C41H50F3N5O8/c1-39-13-11-27-26-8-6-25(50)21-24(26)5-7-28(27)29(39)12-14-40(39,54)15-16-48-17-19-49(20-18-48)38(53)30-9-10-35(47-46-30)56-22-31-36(51)37(52)32(23-55-31)57-34-4-2-3-33(45-34)41(42,43)44/h2-4,6,8-10,21,27-29,31-32,36-37,50-52,54H,5,7,11-20,22-23H2,1H3/t27-,28-,29+,31-,32+,36+,37-,39+,40-/m1/s1. The molecule has 308 valence electrons. The number of nitrogens with zero attached hydrogens (tertiary/aromatic N) is 5. The molecule has 2 saturated heterocycles. The Morgan fingerprint density at radius 2 is 1.79 bits per heavy atom. The number of amides is 1. The number of fused-ring (bicyclic) bond motifs is 5. The number of benzene rings is 1. The van der Waals surface area contributed by atoms with Crippen molar-refractivity contribution in [3.63, 3.8) is 0 Å². The summed E-state index contributed by atoms with van der Waals surface area (Å²) in [4.78, 5) is 20.8. The largest absolute Gasteiger partial charge is 0.508 e. The molecule has 0 bridgehead atoms. The monoisotopic (exact) mass is 797 g/mol. The van der Waals surface area contributed by atoms with Crippen LogP contribution < -0.4 is 9.47 Å². The van der Waals surface area contributed by atoms with Gasteiger partial charge in [-0.25, -0.2) is 4.98 Å². The molecule has 5 aliphatic rings. The van der Waals surface area contributed by atoms with Crippen LogP contribution in [0.15, 0.2) is 48.5 Å². The van der Waals surface area contributed by atoms with E-state index in [0.29, 0.717) is 56.1 Å². The normalized spacial score (nSPS) is 32.9. The van der Waals surface area contributed by atoms with Gasteiger partial charge in [-0.1, -0.05) is 19.1 Å². The minimum absolute atomic E-state index is 0.0658. The first-order valence-corrected chi connectivity index (χ1v) is 19.9. The van der Waals surface area contributed by atoms with E-state index in [2.05, 4.69) is 33.1 Å². The van der Waals surface area contributed by atoms with E-state index in [1.807, 2.05) is 12.1 Å². The Hall–Kier alpha value is -4.09. The average molecular weight is 798 g/mol. The summed E-state index contributed by atoms with van der Waals surface area (Å²) in [5.41, 5.74) is 0.811. The third-order valence-corrected chi connectivity index (χ3v) is 13.7. The Labute approximate surface area is 328 Å². The fourth-order valence-electron chi connectivity index (χ4n) is 10.3. The van der Waals surface area contributed by atoms with Crippen LogP contribution in [0.2, 0.25) is 0 Å². The number of aliphatic hydroxyl groups is 3. The topological polar surface area (TPSA) is 171 Å². The fraction of sp³-hybridized carbons (Fsp3) is 0.610. The number of hydrogen-bond donors (Lipinski definition) is 4. The molecule has 16 heteroatoms. The molecule has 1 amide bonds. The van der Waals surface area contributed by atoms with Gasteiger partial charge in [-0.15, -0.1) is 10.2 Å². The number of pyridine rings is 1. The van der Waals surface area contributed by atoms with Crippen LogP contribution in [0.25, 0.3) is 0 Å². The van der Waals surface area contributed by atoms with Gasteiger partial charge in [0.05, 0.1) is 12.2 Å². The van der Waals surface area contributed by atoms with Crippen LogP contribution in [0.1, 0.15) is 78.7 Å². The van der Waals surface area contributed by atoms with E-state index in [0.717, 1.165) is 57.2 Å². The fourth-order valence-corrected chi connectivity index (χ4v) is 10.3. The second-order valence-corrected chi connectivity index (χ2v) is 16.6. The molecule has 2 saturated carbocycles. The smallest absolute Gasteiger partial charge is 0.433 e. The van der Waals surface area contributed by atoms with Crippen molar-refractivity contribution in [3.05, 3.63) is 71.0 Å². The number of aromatic hydroxyl groups is 1. The van der Waals surface area contributed by atoms with Gasteiger partial charge in [0.2, 0.25) is 11.8 Å². The third-order valence-electron chi connectivity index (χ3n) is 13.7. The molecule has 2 aromatic heterocycles. The van der Waals surface area contributed by atoms with Crippen molar-refractivity contribution in [1.29, 1.82) is 0 Å². The van der Waals surface area contributed by atoms with Crippen LogP contribution in [0.4, 0.5) is 13.2 Å². The highest BCUT2D eigenvalue weighted by Crippen LogP contribution is 2.65. The van der Waals surface area contributed by atoms with Gasteiger partial charge in [-0.05, 0) is 104 Å². The van der Waals surface area contributed by atoms with E-state index in [-0.39, 0.29) is 42.0 Å². The van der Waals surface area contributed by atoms with Crippen LogP contribution in [0, 0.1) is 17.3 Å². The van der Waals surface area contributed by atoms with Crippen LogP contribution >= 0.6 is 0 Å². The van der Waals surface area contributed by atoms with Crippen LogP contribution in [0.3, 0.4) is 0 Å². The summed E-state index contributed by atoms with van der Waals surface area (Å²) in [7, 11) is 0. The van der Waals surface area contributed by atoms with Crippen molar-refractivity contribution < 1.29 is 52.6 Å². The van der Waals surface area contributed by atoms with E-state index in [1.165, 1.54) is 29.3 Å². The highest BCUT2D eigenvalue weighted by Gasteiger charge is 2.61. The highest BCUT2D eigenvalue weighted by atomic mass is 19.4. The van der Waals surface area contributed by atoms with Gasteiger partial charge in [-0.3, -0.25) is 9.69 Å². The number of phenols is 1. The molecular formula is C41H50F3N5O8. The van der Waals surface area contributed by atoms with Crippen molar-refractivity contribution in [3.8, 4) is 17.5 Å². The number of halogens is 3. The number of aryl methyl sites for hydroxylation is 1. The van der Waals surface area contributed by atoms with Gasteiger partial charge >= 0.3 is 6.18 Å². The predicted octanol–water partition coefficient (Wildman–Crippen LogP) is 3.98. The zero-order valence-electron chi connectivity index (χ0n) is 31.9. The first kappa shape index (κ1) is 39.7. The summed E-state index contributed by atoms with van der Waals surface area (Å²) >= 11 is 0. The molecule has 4 N–H and O–H groups in total. The maximum absolute atomic E-state index is 13.3.